The lowest BCUT2D eigenvalue weighted by atomic mass is 9.87. The monoisotopic (exact) mass is 349 g/mol. The van der Waals surface area contributed by atoms with Gasteiger partial charge in [-0.15, -0.1) is 0 Å². The second-order valence-electron chi connectivity index (χ2n) is 7.45. The molecule has 0 bridgehead atoms. The molecule has 26 heavy (non-hydrogen) atoms. The Morgan fingerprint density at radius 2 is 1.88 bits per heavy atom. The quantitative estimate of drug-likeness (QED) is 0.665. The molecule has 1 saturated carbocycles. The van der Waals surface area contributed by atoms with Crippen LogP contribution in [-0.4, -0.2) is 15.6 Å². The number of aromatic nitrogens is 2. The number of rotatable bonds is 6. The Balaban J connectivity index is 1.43. The van der Waals surface area contributed by atoms with Crippen molar-refractivity contribution in [2.45, 2.75) is 52.0 Å². The summed E-state index contributed by atoms with van der Waals surface area (Å²) in [6.45, 7) is 3.48. The van der Waals surface area contributed by atoms with Gasteiger partial charge < -0.3 is 14.6 Å². The van der Waals surface area contributed by atoms with E-state index in [2.05, 4.69) is 52.3 Å². The van der Waals surface area contributed by atoms with Crippen LogP contribution in [0.5, 0.6) is 0 Å². The summed E-state index contributed by atoms with van der Waals surface area (Å²) in [7, 11) is 0. The van der Waals surface area contributed by atoms with E-state index in [1.165, 1.54) is 42.3 Å². The van der Waals surface area contributed by atoms with Gasteiger partial charge in [-0.2, -0.15) is 0 Å². The predicted molar refractivity (Wildman–Crippen MR) is 106 cm³/mol. The molecule has 0 aliphatic heterocycles. The highest BCUT2D eigenvalue weighted by Crippen LogP contribution is 2.29. The van der Waals surface area contributed by atoms with Crippen molar-refractivity contribution in [3.05, 3.63) is 60.4 Å². The minimum atomic E-state index is 0.510. The van der Waals surface area contributed by atoms with E-state index in [1.54, 1.807) is 0 Å². The SMILES string of the molecule is CC1CCC(Nc2ccnc3c2ccn3COCc2ccccc2)CC1. The first kappa shape index (κ1) is 17.1. The molecule has 0 radical (unpaired) electrons. The molecule has 1 N–H and O–H groups in total. The van der Waals surface area contributed by atoms with E-state index < -0.39 is 0 Å². The predicted octanol–water partition coefficient (Wildman–Crippen LogP) is 5.20. The highest BCUT2D eigenvalue weighted by molar-refractivity contribution is 5.89. The molecule has 3 aromatic rings. The number of fused-ring (bicyclic) bond motifs is 1. The van der Waals surface area contributed by atoms with Crippen molar-refractivity contribution >= 4 is 16.7 Å². The molecular weight excluding hydrogens is 322 g/mol. The number of ether oxygens (including phenoxy) is 1. The Labute approximate surface area is 155 Å². The largest absolute Gasteiger partial charge is 0.382 e. The number of nitrogens with one attached hydrogen (secondary N) is 1. The van der Waals surface area contributed by atoms with Gasteiger partial charge in [0.2, 0.25) is 0 Å². The minimum absolute atomic E-state index is 0.510. The smallest absolute Gasteiger partial charge is 0.143 e. The Morgan fingerprint density at radius 3 is 2.69 bits per heavy atom. The van der Waals surface area contributed by atoms with Crippen LogP contribution in [0, 0.1) is 5.92 Å². The number of pyridine rings is 1. The first-order valence-electron chi connectivity index (χ1n) is 9.61. The maximum absolute atomic E-state index is 5.88. The molecule has 4 rings (SSSR count). The lowest BCUT2D eigenvalue weighted by Gasteiger charge is -2.28. The van der Waals surface area contributed by atoms with Crippen molar-refractivity contribution in [1.29, 1.82) is 0 Å². The van der Waals surface area contributed by atoms with Gasteiger partial charge in [0, 0.05) is 29.5 Å². The molecule has 1 aliphatic carbocycles. The van der Waals surface area contributed by atoms with Gasteiger partial charge in [-0.05, 0) is 49.3 Å². The Hall–Kier alpha value is -2.33. The lowest BCUT2D eigenvalue weighted by Crippen LogP contribution is -2.25. The van der Waals surface area contributed by atoms with Gasteiger partial charge >= 0.3 is 0 Å². The molecule has 0 amide bonds. The molecule has 1 aliphatic rings. The Kier molecular flexibility index (Phi) is 5.21. The molecule has 2 heterocycles. The molecule has 1 aromatic carbocycles. The van der Waals surface area contributed by atoms with Gasteiger partial charge in [-0.25, -0.2) is 4.98 Å². The van der Waals surface area contributed by atoms with E-state index in [9.17, 15) is 0 Å². The van der Waals surface area contributed by atoms with Crippen LogP contribution in [0.1, 0.15) is 38.2 Å². The molecule has 4 nitrogen and oxygen atoms in total. The fourth-order valence-electron chi connectivity index (χ4n) is 3.78. The van der Waals surface area contributed by atoms with E-state index in [1.807, 2.05) is 24.4 Å². The normalized spacial score (nSPS) is 20.3. The minimum Gasteiger partial charge on any atom is -0.382 e. The molecule has 0 unspecified atom stereocenters. The lowest BCUT2D eigenvalue weighted by molar-refractivity contribution is 0.0664. The maximum Gasteiger partial charge on any atom is 0.143 e. The molecule has 0 saturated heterocycles. The van der Waals surface area contributed by atoms with Crippen LogP contribution in [0.4, 0.5) is 5.69 Å². The summed E-state index contributed by atoms with van der Waals surface area (Å²) in [5.41, 5.74) is 3.36. The van der Waals surface area contributed by atoms with Crippen molar-refractivity contribution < 1.29 is 4.74 Å². The van der Waals surface area contributed by atoms with Gasteiger partial charge in [0.25, 0.3) is 0 Å². The Morgan fingerprint density at radius 1 is 1.08 bits per heavy atom. The molecule has 1 fully saturated rings. The molecule has 4 heteroatoms. The zero-order valence-corrected chi connectivity index (χ0v) is 15.4. The second-order valence-corrected chi connectivity index (χ2v) is 7.45. The number of hydrogen-bond donors (Lipinski definition) is 1. The Bertz CT molecular complexity index is 835. The second kappa shape index (κ2) is 7.92. The fraction of sp³-hybridized carbons (Fsp3) is 0.409. The van der Waals surface area contributed by atoms with Gasteiger partial charge in [0.05, 0.1) is 6.61 Å². The summed E-state index contributed by atoms with van der Waals surface area (Å²) in [5, 5.41) is 4.92. The summed E-state index contributed by atoms with van der Waals surface area (Å²) in [4.78, 5) is 4.58. The third-order valence-electron chi connectivity index (χ3n) is 5.38. The molecule has 2 aromatic heterocycles. The zero-order valence-electron chi connectivity index (χ0n) is 15.4. The van der Waals surface area contributed by atoms with Crippen molar-refractivity contribution in [3.63, 3.8) is 0 Å². The van der Waals surface area contributed by atoms with Crippen LogP contribution in [0.25, 0.3) is 11.0 Å². The molecule has 0 spiro atoms. The third kappa shape index (κ3) is 3.91. The van der Waals surface area contributed by atoms with E-state index in [4.69, 9.17) is 4.74 Å². The first-order valence-corrected chi connectivity index (χ1v) is 9.61. The van der Waals surface area contributed by atoms with Crippen molar-refractivity contribution in [1.82, 2.24) is 9.55 Å². The van der Waals surface area contributed by atoms with Crippen LogP contribution in [0.2, 0.25) is 0 Å². The fourth-order valence-corrected chi connectivity index (χ4v) is 3.78. The van der Waals surface area contributed by atoms with Gasteiger partial charge in [-0.3, -0.25) is 0 Å². The number of nitrogens with zero attached hydrogens (tertiary/aromatic N) is 2. The van der Waals surface area contributed by atoms with Crippen LogP contribution in [0.15, 0.2) is 54.9 Å². The van der Waals surface area contributed by atoms with Crippen LogP contribution in [-0.2, 0) is 18.1 Å². The van der Waals surface area contributed by atoms with Crippen molar-refractivity contribution in [2.75, 3.05) is 5.32 Å². The molecule has 136 valence electrons. The number of anilines is 1. The van der Waals surface area contributed by atoms with Crippen molar-refractivity contribution in [2.24, 2.45) is 5.92 Å². The van der Waals surface area contributed by atoms with E-state index in [0.29, 0.717) is 19.4 Å². The summed E-state index contributed by atoms with van der Waals surface area (Å²) >= 11 is 0. The third-order valence-corrected chi connectivity index (χ3v) is 5.38. The van der Waals surface area contributed by atoms with Gasteiger partial charge in [0.15, 0.2) is 0 Å². The average molecular weight is 349 g/mol. The van der Waals surface area contributed by atoms with E-state index in [0.717, 1.165) is 11.6 Å². The van der Waals surface area contributed by atoms with Crippen LogP contribution in [0.3, 0.4) is 0 Å². The highest BCUT2D eigenvalue weighted by Gasteiger charge is 2.19. The maximum atomic E-state index is 5.88. The topological polar surface area (TPSA) is 39.1 Å². The molecular formula is C22H27N3O. The summed E-state index contributed by atoms with van der Waals surface area (Å²) in [5.74, 6) is 0.869. The van der Waals surface area contributed by atoms with Crippen molar-refractivity contribution in [3.8, 4) is 0 Å². The van der Waals surface area contributed by atoms with Gasteiger partial charge in [-0.1, -0.05) is 37.3 Å². The zero-order chi connectivity index (χ0) is 17.8. The number of benzene rings is 1. The summed E-state index contributed by atoms with van der Waals surface area (Å²) in [6, 6.07) is 15.1. The average Bonchev–Trinajstić information content (AvgIpc) is 3.09. The standard InChI is InChI=1S/C22H27N3O/c1-17-7-9-19(10-8-17)24-21-11-13-23-22-20(21)12-14-25(22)16-26-15-18-5-3-2-4-6-18/h2-6,11-14,17,19H,7-10,15-16H2,1H3,(H,23,24). The van der Waals surface area contributed by atoms with Crippen LogP contribution >= 0.6 is 0 Å². The summed E-state index contributed by atoms with van der Waals surface area (Å²) in [6.07, 6.45) is 9.11. The van der Waals surface area contributed by atoms with Gasteiger partial charge in [0.1, 0.15) is 12.4 Å². The van der Waals surface area contributed by atoms with E-state index in [-0.39, 0.29) is 0 Å². The number of hydrogen-bond acceptors (Lipinski definition) is 3. The first-order chi connectivity index (χ1) is 12.8. The molecule has 0 atom stereocenters. The summed E-state index contributed by atoms with van der Waals surface area (Å²) < 4.78 is 7.95. The highest BCUT2D eigenvalue weighted by atomic mass is 16.5. The van der Waals surface area contributed by atoms with E-state index >= 15 is 0 Å². The van der Waals surface area contributed by atoms with Crippen LogP contribution < -0.4 is 5.32 Å².